The lowest BCUT2D eigenvalue weighted by atomic mass is 9.91. The van der Waals surface area contributed by atoms with Crippen LogP contribution in [-0.2, 0) is 0 Å². The van der Waals surface area contributed by atoms with Gasteiger partial charge in [-0.1, -0.05) is 30.3 Å². The third kappa shape index (κ3) is 3.69. The van der Waals surface area contributed by atoms with Crippen molar-refractivity contribution in [2.45, 2.75) is 25.2 Å². The molecule has 0 aliphatic heterocycles. The number of amides is 1. The number of pyridine rings is 1. The first-order valence-corrected chi connectivity index (χ1v) is 7.58. The van der Waals surface area contributed by atoms with Crippen LogP contribution in [0.15, 0.2) is 54.9 Å². The maximum absolute atomic E-state index is 12.0. The molecule has 108 valence electrons. The summed E-state index contributed by atoms with van der Waals surface area (Å²) in [7, 11) is 0. The Labute approximate surface area is 125 Å². The van der Waals surface area contributed by atoms with Crippen molar-refractivity contribution in [3.63, 3.8) is 0 Å². The van der Waals surface area contributed by atoms with Gasteiger partial charge in [0.15, 0.2) is 0 Å². The van der Waals surface area contributed by atoms with Crippen LogP contribution in [0.25, 0.3) is 0 Å². The van der Waals surface area contributed by atoms with Gasteiger partial charge in [0.2, 0.25) is 0 Å². The van der Waals surface area contributed by atoms with Crippen LogP contribution in [-0.4, -0.2) is 17.4 Å². The molecule has 1 aromatic heterocycles. The first kappa shape index (κ1) is 13.8. The van der Waals surface area contributed by atoms with E-state index in [-0.39, 0.29) is 5.91 Å². The SMILES string of the molecule is O=C(NCCC(c1ccccc1)C1CC1)c1ccncc1. The summed E-state index contributed by atoms with van der Waals surface area (Å²) in [5.41, 5.74) is 2.07. The van der Waals surface area contributed by atoms with Crippen LogP contribution in [0.5, 0.6) is 0 Å². The van der Waals surface area contributed by atoms with Gasteiger partial charge in [0.1, 0.15) is 0 Å². The fraction of sp³-hybridized carbons (Fsp3) is 0.333. The van der Waals surface area contributed by atoms with Gasteiger partial charge in [-0.2, -0.15) is 0 Å². The minimum atomic E-state index is -0.0139. The number of rotatable bonds is 6. The molecule has 3 rings (SSSR count). The standard InChI is InChI=1S/C18H20N2O/c21-18(16-8-11-19-12-9-16)20-13-10-17(15-6-7-15)14-4-2-1-3-5-14/h1-5,8-9,11-12,15,17H,6-7,10,13H2,(H,20,21). The number of hydrogen-bond acceptors (Lipinski definition) is 2. The predicted molar refractivity (Wildman–Crippen MR) is 83.1 cm³/mol. The van der Waals surface area contributed by atoms with E-state index in [9.17, 15) is 4.79 Å². The van der Waals surface area contributed by atoms with E-state index in [0.717, 1.165) is 18.9 Å². The third-order valence-corrected chi connectivity index (χ3v) is 4.10. The lowest BCUT2D eigenvalue weighted by Crippen LogP contribution is -2.26. The fourth-order valence-electron chi connectivity index (χ4n) is 2.82. The van der Waals surface area contributed by atoms with Gasteiger partial charge in [0, 0.05) is 24.5 Å². The van der Waals surface area contributed by atoms with E-state index in [2.05, 4.69) is 40.6 Å². The Morgan fingerprint density at radius 2 is 1.86 bits per heavy atom. The van der Waals surface area contributed by atoms with Crippen LogP contribution in [0, 0.1) is 5.92 Å². The quantitative estimate of drug-likeness (QED) is 0.881. The summed E-state index contributed by atoms with van der Waals surface area (Å²) in [6.07, 6.45) is 6.93. The highest BCUT2D eigenvalue weighted by molar-refractivity contribution is 5.93. The highest BCUT2D eigenvalue weighted by Gasteiger charge is 2.31. The maximum Gasteiger partial charge on any atom is 0.251 e. The number of aromatic nitrogens is 1. The summed E-state index contributed by atoms with van der Waals surface area (Å²) < 4.78 is 0. The largest absolute Gasteiger partial charge is 0.352 e. The molecule has 1 atom stereocenters. The molecule has 21 heavy (non-hydrogen) atoms. The topological polar surface area (TPSA) is 42.0 Å². The summed E-state index contributed by atoms with van der Waals surface area (Å²) in [4.78, 5) is 15.9. The molecule has 1 N–H and O–H groups in total. The summed E-state index contributed by atoms with van der Waals surface area (Å²) >= 11 is 0. The molecule has 1 heterocycles. The van der Waals surface area contributed by atoms with Gasteiger partial charge < -0.3 is 5.32 Å². The van der Waals surface area contributed by atoms with Crippen molar-refractivity contribution in [3.05, 3.63) is 66.0 Å². The lowest BCUT2D eigenvalue weighted by molar-refractivity contribution is 0.0952. The molecule has 1 saturated carbocycles. The Hall–Kier alpha value is -2.16. The number of benzene rings is 1. The van der Waals surface area contributed by atoms with E-state index in [4.69, 9.17) is 0 Å². The monoisotopic (exact) mass is 280 g/mol. The fourth-order valence-corrected chi connectivity index (χ4v) is 2.82. The molecule has 0 bridgehead atoms. The smallest absolute Gasteiger partial charge is 0.251 e. The van der Waals surface area contributed by atoms with Crippen LogP contribution in [0.2, 0.25) is 0 Å². The minimum absolute atomic E-state index is 0.0139. The van der Waals surface area contributed by atoms with Gasteiger partial charge in [-0.15, -0.1) is 0 Å². The van der Waals surface area contributed by atoms with Crippen molar-refractivity contribution in [2.24, 2.45) is 5.92 Å². The Kier molecular flexibility index (Phi) is 4.29. The van der Waals surface area contributed by atoms with Crippen molar-refractivity contribution in [1.29, 1.82) is 0 Å². The maximum atomic E-state index is 12.0. The van der Waals surface area contributed by atoms with Crippen molar-refractivity contribution >= 4 is 5.91 Å². The normalized spacial score (nSPS) is 15.4. The van der Waals surface area contributed by atoms with Gasteiger partial charge >= 0.3 is 0 Å². The zero-order chi connectivity index (χ0) is 14.5. The van der Waals surface area contributed by atoms with Crippen LogP contribution in [0.1, 0.15) is 41.1 Å². The Bertz CT molecular complexity index is 579. The highest BCUT2D eigenvalue weighted by Crippen LogP contribution is 2.44. The summed E-state index contributed by atoms with van der Waals surface area (Å²) in [6, 6.07) is 14.1. The number of carbonyl (C=O) groups excluding carboxylic acids is 1. The van der Waals surface area contributed by atoms with Gasteiger partial charge in [-0.3, -0.25) is 9.78 Å². The van der Waals surface area contributed by atoms with Gasteiger partial charge in [0.05, 0.1) is 0 Å². The van der Waals surface area contributed by atoms with Gasteiger partial charge in [-0.05, 0) is 48.8 Å². The second kappa shape index (κ2) is 6.53. The van der Waals surface area contributed by atoms with Crippen LogP contribution >= 0.6 is 0 Å². The van der Waals surface area contributed by atoms with Crippen LogP contribution in [0.4, 0.5) is 0 Å². The molecule has 1 amide bonds. The number of nitrogens with one attached hydrogen (secondary N) is 1. The molecule has 1 aliphatic rings. The van der Waals surface area contributed by atoms with Crippen molar-refractivity contribution < 1.29 is 4.79 Å². The van der Waals surface area contributed by atoms with E-state index in [1.807, 2.05) is 0 Å². The second-order valence-electron chi connectivity index (χ2n) is 5.64. The molecule has 1 aliphatic carbocycles. The van der Waals surface area contributed by atoms with E-state index in [1.165, 1.54) is 18.4 Å². The molecule has 0 radical (unpaired) electrons. The van der Waals surface area contributed by atoms with E-state index in [0.29, 0.717) is 11.5 Å². The lowest BCUT2D eigenvalue weighted by Gasteiger charge is -2.17. The molecule has 0 saturated heterocycles. The zero-order valence-corrected chi connectivity index (χ0v) is 12.0. The van der Waals surface area contributed by atoms with E-state index in [1.54, 1.807) is 24.5 Å². The van der Waals surface area contributed by atoms with E-state index < -0.39 is 0 Å². The molecule has 1 fully saturated rings. The van der Waals surface area contributed by atoms with Gasteiger partial charge in [0.25, 0.3) is 5.91 Å². The zero-order valence-electron chi connectivity index (χ0n) is 12.0. The Balaban J connectivity index is 1.55. The molecule has 1 aromatic carbocycles. The Morgan fingerprint density at radius 3 is 2.52 bits per heavy atom. The highest BCUT2D eigenvalue weighted by atomic mass is 16.1. The molecule has 2 aromatic rings. The van der Waals surface area contributed by atoms with Crippen LogP contribution in [0.3, 0.4) is 0 Å². The van der Waals surface area contributed by atoms with Crippen LogP contribution < -0.4 is 5.32 Å². The van der Waals surface area contributed by atoms with E-state index >= 15 is 0 Å². The minimum Gasteiger partial charge on any atom is -0.352 e. The first-order valence-electron chi connectivity index (χ1n) is 7.58. The van der Waals surface area contributed by atoms with Crippen molar-refractivity contribution in [3.8, 4) is 0 Å². The Morgan fingerprint density at radius 1 is 1.14 bits per heavy atom. The summed E-state index contributed by atoms with van der Waals surface area (Å²) in [5, 5.41) is 3.02. The molecular formula is C18H20N2O. The average Bonchev–Trinajstić information content (AvgIpc) is 3.38. The molecule has 0 spiro atoms. The molecule has 3 heteroatoms. The number of carbonyl (C=O) groups is 1. The van der Waals surface area contributed by atoms with Gasteiger partial charge in [-0.25, -0.2) is 0 Å². The van der Waals surface area contributed by atoms with Crippen molar-refractivity contribution in [1.82, 2.24) is 10.3 Å². The average molecular weight is 280 g/mol. The summed E-state index contributed by atoms with van der Waals surface area (Å²) in [6.45, 7) is 0.719. The molecule has 3 nitrogen and oxygen atoms in total. The number of nitrogens with zero attached hydrogens (tertiary/aromatic N) is 1. The predicted octanol–water partition coefficient (Wildman–Crippen LogP) is 3.40. The number of hydrogen-bond donors (Lipinski definition) is 1. The third-order valence-electron chi connectivity index (χ3n) is 4.10. The molecule has 1 unspecified atom stereocenters. The summed E-state index contributed by atoms with van der Waals surface area (Å²) in [5.74, 6) is 1.36. The first-order chi connectivity index (χ1) is 10.3. The molecular weight excluding hydrogens is 260 g/mol. The second-order valence-corrected chi connectivity index (χ2v) is 5.64. The van der Waals surface area contributed by atoms with Crippen molar-refractivity contribution in [2.75, 3.05) is 6.54 Å².